The topological polar surface area (TPSA) is 79.0 Å². The van der Waals surface area contributed by atoms with Gasteiger partial charge in [0.15, 0.2) is 0 Å². The molecule has 3 rings (SSSR count). The minimum Gasteiger partial charge on any atom is -0.369 e. The quantitative estimate of drug-likeness (QED) is 0.826. The van der Waals surface area contributed by atoms with Gasteiger partial charge in [0.1, 0.15) is 12.6 Å². The molecule has 0 bridgehead atoms. The molecular formula is C17H21N3O4. The van der Waals surface area contributed by atoms with Crippen LogP contribution in [0.2, 0.25) is 0 Å². The van der Waals surface area contributed by atoms with Crippen molar-refractivity contribution < 1.29 is 19.1 Å². The SMILES string of the molecule is CN1C[C@@H](NC(=O)[C@H]2COCC(=O)N2Cc2ccccc2)CC1=O. The summed E-state index contributed by atoms with van der Waals surface area (Å²) in [5.74, 6) is -0.464. The number of rotatable bonds is 4. The minimum absolute atomic E-state index is 0.0115. The van der Waals surface area contributed by atoms with Crippen molar-refractivity contribution in [2.24, 2.45) is 0 Å². The molecule has 2 atom stereocenters. The number of hydrogen-bond donors (Lipinski definition) is 1. The Kier molecular flexibility index (Phi) is 4.80. The van der Waals surface area contributed by atoms with E-state index in [0.29, 0.717) is 19.5 Å². The minimum atomic E-state index is -0.674. The molecule has 0 radical (unpaired) electrons. The molecule has 1 N–H and O–H groups in total. The standard InChI is InChI=1S/C17H21N3O4/c1-19-9-13(7-15(19)21)18-17(23)14-10-24-11-16(22)20(14)8-12-5-3-2-4-6-12/h2-6,13-14H,7-11H2,1H3,(H,18,23)/t13-,14+/m0/s1. The van der Waals surface area contributed by atoms with E-state index >= 15 is 0 Å². The number of nitrogens with one attached hydrogen (secondary N) is 1. The van der Waals surface area contributed by atoms with Gasteiger partial charge in [0, 0.05) is 26.6 Å². The van der Waals surface area contributed by atoms with Gasteiger partial charge in [-0.05, 0) is 5.56 Å². The van der Waals surface area contributed by atoms with Crippen LogP contribution in [0.15, 0.2) is 30.3 Å². The first-order valence-electron chi connectivity index (χ1n) is 8.00. The van der Waals surface area contributed by atoms with Crippen molar-refractivity contribution in [1.29, 1.82) is 0 Å². The average molecular weight is 331 g/mol. The van der Waals surface area contributed by atoms with Crippen LogP contribution < -0.4 is 5.32 Å². The zero-order chi connectivity index (χ0) is 17.1. The van der Waals surface area contributed by atoms with Gasteiger partial charge in [0.05, 0.1) is 12.6 Å². The normalized spacial score (nSPS) is 24.4. The molecule has 0 aromatic heterocycles. The molecule has 0 saturated carbocycles. The van der Waals surface area contributed by atoms with E-state index in [1.165, 1.54) is 0 Å². The van der Waals surface area contributed by atoms with E-state index in [2.05, 4.69) is 5.32 Å². The molecule has 0 spiro atoms. The molecule has 1 aromatic carbocycles. The zero-order valence-corrected chi connectivity index (χ0v) is 13.6. The third-order valence-electron chi connectivity index (χ3n) is 4.38. The van der Waals surface area contributed by atoms with Crippen molar-refractivity contribution in [1.82, 2.24) is 15.1 Å². The van der Waals surface area contributed by atoms with Crippen LogP contribution in [0, 0.1) is 0 Å². The fraction of sp³-hybridized carbons (Fsp3) is 0.471. The van der Waals surface area contributed by atoms with Crippen LogP contribution in [0.3, 0.4) is 0 Å². The first-order chi connectivity index (χ1) is 11.5. The second kappa shape index (κ2) is 7.00. The molecule has 128 valence electrons. The highest BCUT2D eigenvalue weighted by atomic mass is 16.5. The molecule has 2 saturated heterocycles. The summed E-state index contributed by atoms with van der Waals surface area (Å²) in [6, 6.07) is 8.65. The highest BCUT2D eigenvalue weighted by molar-refractivity contribution is 5.90. The molecule has 0 unspecified atom stereocenters. The van der Waals surface area contributed by atoms with Crippen LogP contribution in [0.5, 0.6) is 0 Å². The Labute approximate surface area is 140 Å². The van der Waals surface area contributed by atoms with Crippen LogP contribution in [-0.4, -0.2) is 66.4 Å². The predicted molar refractivity (Wildman–Crippen MR) is 85.8 cm³/mol. The summed E-state index contributed by atoms with van der Waals surface area (Å²) in [6.07, 6.45) is 0.294. The Morgan fingerprint density at radius 3 is 2.67 bits per heavy atom. The molecule has 2 aliphatic heterocycles. The van der Waals surface area contributed by atoms with Crippen molar-refractivity contribution in [2.45, 2.75) is 25.0 Å². The lowest BCUT2D eigenvalue weighted by Crippen LogP contribution is -2.57. The number of likely N-dealkylation sites (N-methyl/N-ethyl adjacent to an activating group) is 1. The molecule has 7 nitrogen and oxygen atoms in total. The van der Waals surface area contributed by atoms with Gasteiger partial charge in [-0.15, -0.1) is 0 Å². The van der Waals surface area contributed by atoms with Gasteiger partial charge in [0.25, 0.3) is 0 Å². The lowest BCUT2D eigenvalue weighted by molar-refractivity contribution is -0.155. The second-order valence-electron chi connectivity index (χ2n) is 6.22. The van der Waals surface area contributed by atoms with Crippen LogP contribution in [0.4, 0.5) is 0 Å². The number of ether oxygens (including phenoxy) is 1. The van der Waals surface area contributed by atoms with E-state index in [1.807, 2.05) is 30.3 Å². The van der Waals surface area contributed by atoms with E-state index in [1.54, 1.807) is 16.8 Å². The molecule has 0 aliphatic carbocycles. The first kappa shape index (κ1) is 16.4. The molecule has 3 amide bonds. The number of likely N-dealkylation sites (tertiary alicyclic amines) is 1. The molecular weight excluding hydrogens is 310 g/mol. The molecule has 2 aliphatic rings. The Hall–Kier alpha value is -2.41. The summed E-state index contributed by atoms with van der Waals surface area (Å²) in [4.78, 5) is 39.5. The summed E-state index contributed by atoms with van der Waals surface area (Å²) in [5, 5.41) is 2.87. The van der Waals surface area contributed by atoms with Crippen molar-refractivity contribution in [3.05, 3.63) is 35.9 Å². The van der Waals surface area contributed by atoms with E-state index in [9.17, 15) is 14.4 Å². The zero-order valence-electron chi connectivity index (χ0n) is 13.6. The largest absolute Gasteiger partial charge is 0.369 e. The van der Waals surface area contributed by atoms with Gasteiger partial charge in [-0.3, -0.25) is 14.4 Å². The highest BCUT2D eigenvalue weighted by Gasteiger charge is 2.36. The van der Waals surface area contributed by atoms with Crippen molar-refractivity contribution in [3.8, 4) is 0 Å². The molecule has 2 fully saturated rings. The summed E-state index contributed by atoms with van der Waals surface area (Å²) in [5.41, 5.74) is 0.960. The van der Waals surface area contributed by atoms with Crippen LogP contribution in [0.1, 0.15) is 12.0 Å². The van der Waals surface area contributed by atoms with Gasteiger partial charge in [0.2, 0.25) is 17.7 Å². The van der Waals surface area contributed by atoms with Crippen molar-refractivity contribution in [3.63, 3.8) is 0 Å². The van der Waals surface area contributed by atoms with E-state index in [-0.39, 0.29) is 37.0 Å². The van der Waals surface area contributed by atoms with Crippen molar-refractivity contribution in [2.75, 3.05) is 26.8 Å². The average Bonchev–Trinajstić information content (AvgIpc) is 2.88. The van der Waals surface area contributed by atoms with Crippen LogP contribution in [-0.2, 0) is 25.7 Å². The maximum atomic E-state index is 12.6. The third-order valence-corrected chi connectivity index (χ3v) is 4.38. The summed E-state index contributed by atoms with van der Waals surface area (Å²) < 4.78 is 5.26. The Morgan fingerprint density at radius 1 is 1.25 bits per heavy atom. The smallest absolute Gasteiger partial charge is 0.249 e. The highest BCUT2D eigenvalue weighted by Crippen LogP contribution is 2.15. The van der Waals surface area contributed by atoms with Gasteiger partial charge >= 0.3 is 0 Å². The van der Waals surface area contributed by atoms with Crippen LogP contribution in [0.25, 0.3) is 0 Å². The fourth-order valence-electron chi connectivity index (χ4n) is 3.06. The lowest BCUT2D eigenvalue weighted by atomic mass is 10.1. The lowest BCUT2D eigenvalue weighted by Gasteiger charge is -2.35. The van der Waals surface area contributed by atoms with Crippen molar-refractivity contribution >= 4 is 17.7 Å². The first-order valence-corrected chi connectivity index (χ1v) is 8.00. The molecule has 24 heavy (non-hydrogen) atoms. The maximum absolute atomic E-state index is 12.6. The monoisotopic (exact) mass is 331 g/mol. The number of amides is 3. The van der Waals surface area contributed by atoms with Gasteiger partial charge < -0.3 is 19.9 Å². The molecule has 2 heterocycles. The van der Waals surface area contributed by atoms with Crippen LogP contribution >= 0.6 is 0 Å². The number of nitrogens with zero attached hydrogens (tertiary/aromatic N) is 2. The number of morpholine rings is 1. The Morgan fingerprint density at radius 2 is 2.00 bits per heavy atom. The molecule has 1 aromatic rings. The summed E-state index contributed by atoms with van der Waals surface area (Å²) in [6.45, 7) is 1.01. The van der Waals surface area contributed by atoms with E-state index in [4.69, 9.17) is 4.74 Å². The number of benzene rings is 1. The molecule has 7 heteroatoms. The predicted octanol–water partition coefficient (Wildman–Crippen LogP) is -0.239. The Balaban J connectivity index is 1.68. The van der Waals surface area contributed by atoms with E-state index in [0.717, 1.165) is 5.56 Å². The summed E-state index contributed by atoms with van der Waals surface area (Å²) in [7, 11) is 1.71. The number of carbonyl (C=O) groups is 3. The van der Waals surface area contributed by atoms with Gasteiger partial charge in [-0.25, -0.2) is 0 Å². The number of carbonyl (C=O) groups excluding carboxylic acids is 3. The second-order valence-corrected chi connectivity index (χ2v) is 6.22. The van der Waals surface area contributed by atoms with E-state index < -0.39 is 6.04 Å². The third kappa shape index (κ3) is 3.56. The number of hydrogen-bond acceptors (Lipinski definition) is 4. The van der Waals surface area contributed by atoms with Gasteiger partial charge in [-0.2, -0.15) is 0 Å². The summed E-state index contributed by atoms with van der Waals surface area (Å²) >= 11 is 0. The van der Waals surface area contributed by atoms with Gasteiger partial charge in [-0.1, -0.05) is 30.3 Å². The Bertz CT molecular complexity index is 634. The fourth-order valence-corrected chi connectivity index (χ4v) is 3.06. The maximum Gasteiger partial charge on any atom is 0.249 e.